The number of aryl methyl sites for hydroxylation is 2. The Kier molecular flexibility index (Phi) is 6.10. The van der Waals surface area contributed by atoms with Gasteiger partial charge in [-0.3, -0.25) is 9.59 Å². The van der Waals surface area contributed by atoms with Crippen molar-refractivity contribution in [1.82, 2.24) is 4.98 Å². The van der Waals surface area contributed by atoms with Crippen LogP contribution in [0.4, 0.5) is 5.69 Å². The maximum absolute atomic E-state index is 12.5. The Balaban J connectivity index is 2.11. The molecule has 0 bridgehead atoms. The van der Waals surface area contributed by atoms with Crippen molar-refractivity contribution >= 4 is 34.9 Å². The summed E-state index contributed by atoms with van der Waals surface area (Å²) in [5, 5.41) is 2.66. The van der Waals surface area contributed by atoms with Gasteiger partial charge >= 0.3 is 5.97 Å². The van der Waals surface area contributed by atoms with Crippen molar-refractivity contribution in [3.05, 3.63) is 57.9 Å². The number of anilines is 1. The maximum atomic E-state index is 12.5. The van der Waals surface area contributed by atoms with E-state index in [1.165, 1.54) is 13.8 Å². The molecule has 0 saturated carbocycles. The molecule has 0 fully saturated rings. The number of ether oxygens (including phenoxy) is 1. The monoisotopic (exact) mass is 374 g/mol. The molecule has 1 heterocycles. The number of nitrogens with one attached hydrogen (secondary N) is 1. The number of amides is 1. The molecule has 136 valence electrons. The van der Waals surface area contributed by atoms with Gasteiger partial charge < -0.3 is 10.1 Å². The van der Waals surface area contributed by atoms with E-state index in [-0.39, 0.29) is 22.4 Å². The van der Waals surface area contributed by atoms with Gasteiger partial charge in [-0.2, -0.15) is 0 Å². The molecule has 1 atom stereocenters. The molecular formula is C19H19ClN2O4. The Morgan fingerprint density at radius 3 is 2.31 bits per heavy atom. The number of aromatic nitrogens is 1. The molecule has 1 aromatic carbocycles. The lowest BCUT2D eigenvalue weighted by Gasteiger charge is -2.14. The highest BCUT2D eigenvalue weighted by atomic mass is 35.5. The van der Waals surface area contributed by atoms with Crippen LogP contribution in [0.15, 0.2) is 30.3 Å². The molecule has 0 spiro atoms. The summed E-state index contributed by atoms with van der Waals surface area (Å²) in [6.45, 7) is 6.38. The van der Waals surface area contributed by atoms with Crippen LogP contribution in [-0.4, -0.2) is 28.7 Å². The van der Waals surface area contributed by atoms with Crippen LogP contribution in [0.2, 0.25) is 5.15 Å². The average molecular weight is 375 g/mol. The third-order valence-corrected chi connectivity index (χ3v) is 3.92. The summed E-state index contributed by atoms with van der Waals surface area (Å²) in [5.74, 6) is -1.26. The van der Waals surface area contributed by atoms with E-state index in [2.05, 4.69) is 10.3 Å². The van der Waals surface area contributed by atoms with Gasteiger partial charge in [0, 0.05) is 23.9 Å². The molecular weight excluding hydrogens is 356 g/mol. The summed E-state index contributed by atoms with van der Waals surface area (Å²) in [7, 11) is 0. The molecule has 1 N–H and O–H groups in total. The topological polar surface area (TPSA) is 85.4 Å². The largest absolute Gasteiger partial charge is 0.451 e. The molecule has 0 aliphatic rings. The number of ketones is 1. The number of Topliss-reactive ketones (excluding diaryl/α,β-unsaturated/α-hetero) is 1. The van der Waals surface area contributed by atoms with Gasteiger partial charge in [-0.05, 0) is 56.7 Å². The summed E-state index contributed by atoms with van der Waals surface area (Å²) >= 11 is 6.04. The summed E-state index contributed by atoms with van der Waals surface area (Å²) < 4.78 is 5.27. The third kappa shape index (κ3) is 4.67. The smallest absolute Gasteiger partial charge is 0.342 e. The van der Waals surface area contributed by atoms with E-state index in [4.69, 9.17) is 16.3 Å². The maximum Gasteiger partial charge on any atom is 0.342 e. The molecule has 2 aromatic rings. The lowest BCUT2D eigenvalue weighted by molar-refractivity contribution is -0.114. The molecule has 2 rings (SSSR count). The molecule has 0 saturated heterocycles. The van der Waals surface area contributed by atoms with E-state index in [1.807, 2.05) is 0 Å². The van der Waals surface area contributed by atoms with Gasteiger partial charge in [0.2, 0.25) is 11.7 Å². The van der Waals surface area contributed by atoms with Crippen molar-refractivity contribution in [1.29, 1.82) is 0 Å². The van der Waals surface area contributed by atoms with Crippen LogP contribution in [0.1, 0.15) is 45.8 Å². The molecule has 26 heavy (non-hydrogen) atoms. The predicted octanol–water partition coefficient (Wildman–Crippen LogP) is 3.74. The Labute approximate surface area is 156 Å². The van der Waals surface area contributed by atoms with E-state index >= 15 is 0 Å². The van der Waals surface area contributed by atoms with Gasteiger partial charge in [-0.25, -0.2) is 9.78 Å². The van der Waals surface area contributed by atoms with Crippen molar-refractivity contribution < 1.29 is 19.1 Å². The molecule has 0 aliphatic carbocycles. The highest BCUT2D eigenvalue weighted by molar-refractivity contribution is 6.32. The SMILES string of the molecule is CC(=O)Nc1ccc(C(=O)[C@H](C)OC(=O)c2c(C)cc(C)nc2Cl)cc1. The van der Waals surface area contributed by atoms with Gasteiger partial charge in [-0.1, -0.05) is 11.6 Å². The quantitative estimate of drug-likeness (QED) is 0.489. The Morgan fingerprint density at radius 1 is 1.15 bits per heavy atom. The van der Waals surface area contributed by atoms with Crippen LogP contribution in [-0.2, 0) is 9.53 Å². The lowest BCUT2D eigenvalue weighted by Crippen LogP contribution is -2.25. The van der Waals surface area contributed by atoms with Crippen molar-refractivity contribution in [2.75, 3.05) is 5.32 Å². The average Bonchev–Trinajstić information content (AvgIpc) is 2.53. The van der Waals surface area contributed by atoms with Crippen LogP contribution in [0.3, 0.4) is 0 Å². The zero-order valence-corrected chi connectivity index (χ0v) is 15.7. The molecule has 0 unspecified atom stereocenters. The first kappa shape index (κ1) is 19.6. The zero-order valence-electron chi connectivity index (χ0n) is 14.9. The second kappa shape index (κ2) is 8.10. The number of pyridine rings is 1. The summed E-state index contributed by atoms with van der Waals surface area (Å²) in [6.07, 6.45) is -0.995. The molecule has 1 aromatic heterocycles. The Morgan fingerprint density at radius 2 is 1.77 bits per heavy atom. The second-order valence-electron chi connectivity index (χ2n) is 5.92. The van der Waals surface area contributed by atoms with Crippen LogP contribution in [0.5, 0.6) is 0 Å². The standard InChI is InChI=1S/C19H19ClN2O4/c1-10-9-11(2)21-18(20)16(10)19(25)26-12(3)17(24)14-5-7-15(8-6-14)22-13(4)23/h5-9,12H,1-4H3,(H,22,23)/t12-/m0/s1. The number of benzene rings is 1. The fourth-order valence-electron chi connectivity index (χ4n) is 2.47. The van der Waals surface area contributed by atoms with E-state index in [9.17, 15) is 14.4 Å². The minimum atomic E-state index is -0.995. The molecule has 1 amide bonds. The van der Waals surface area contributed by atoms with Crippen molar-refractivity contribution in [2.45, 2.75) is 33.8 Å². The molecule has 6 nitrogen and oxygen atoms in total. The number of nitrogens with zero attached hydrogens (tertiary/aromatic N) is 1. The van der Waals surface area contributed by atoms with Crippen LogP contribution >= 0.6 is 11.6 Å². The van der Waals surface area contributed by atoms with Crippen LogP contribution < -0.4 is 5.32 Å². The van der Waals surface area contributed by atoms with Crippen molar-refractivity contribution in [3.63, 3.8) is 0 Å². The summed E-state index contributed by atoms with van der Waals surface area (Å²) in [4.78, 5) is 39.9. The minimum absolute atomic E-state index is 0.0480. The first-order valence-electron chi connectivity index (χ1n) is 7.95. The van der Waals surface area contributed by atoms with E-state index in [1.54, 1.807) is 44.2 Å². The molecule has 7 heteroatoms. The highest BCUT2D eigenvalue weighted by Crippen LogP contribution is 2.21. The zero-order chi connectivity index (χ0) is 19.4. The predicted molar refractivity (Wildman–Crippen MR) is 98.7 cm³/mol. The first-order chi connectivity index (χ1) is 12.2. The second-order valence-corrected chi connectivity index (χ2v) is 6.27. The number of carbonyl (C=O) groups is 3. The third-order valence-electron chi connectivity index (χ3n) is 3.65. The number of carbonyl (C=O) groups excluding carboxylic acids is 3. The normalized spacial score (nSPS) is 11.6. The van der Waals surface area contributed by atoms with Gasteiger partial charge in [0.05, 0.1) is 5.56 Å². The van der Waals surface area contributed by atoms with Crippen molar-refractivity contribution in [2.24, 2.45) is 0 Å². The fourth-order valence-corrected chi connectivity index (χ4v) is 2.82. The number of hydrogen-bond acceptors (Lipinski definition) is 5. The van der Waals surface area contributed by atoms with Crippen LogP contribution in [0, 0.1) is 13.8 Å². The van der Waals surface area contributed by atoms with Crippen LogP contribution in [0.25, 0.3) is 0 Å². The summed E-state index contributed by atoms with van der Waals surface area (Å²) in [6, 6.07) is 8.05. The summed E-state index contributed by atoms with van der Waals surface area (Å²) in [5.41, 5.74) is 2.41. The highest BCUT2D eigenvalue weighted by Gasteiger charge is 2.23. The fraction of sp³-hybridized carbons (Fsp3) is 0.263. The number of hydrogen-bond donors (Lipinski definition) is 1. The Bertz CT molecular complexity index is 839. The van der Waals surface area contributed by atoms with E-state index in [0.717, 1.165) is 0 Å². The van der Waals surface area contributed by atoms with E-state index in [0.29, 0.717) is 22.5 Å². The van der Waals surface area contributed by atoms with Gasteiger partial charge in [0.15, 0.2) is 6.10 Å². The lowest BCUT2D eigenvalue weighted by atomic mass is 10.1. The van der Waals surface area contributed by atoms with Gasteiger partial charge in [-0.15, -0.1) is 0 Å². The Hall–Kier alpha value is -2.73. The van der Waals surface area contributed by atoms with Crippen molar-refractivity contribution in [3.8, 4) is 0 Å². The number of esters is 1. The van der Waals surface area contributed by atoms with Gasteiger partial charge in [0.25, 0.3) is 0 Å². The first-order valence-corrected chi connectivity index (χ1v) is 8.33. The molecule has 0 aliphatic heterocycles. The molecule has 0 radical (unpaired) electrons. The minimum Gasteiger partial charge on any atom is -0.451 e. The number of halogens is 1. The van der Waals surface area contributed by atoms with Gasteiger partial charge in [0.1, 0.15) is 5.15 Å². The number of rotatable bonds is 5. The van der Waals surface area contributed by atoms with E-state index < -0.39 is 12.1 Å².